The van der Waals surface area contributed by atoms with Gasteiger partial charge in [-0.1, -0.05) is 60.7 Å². The van der Waals surface area contributed by atoms with E-state index in [0.29, 0.717) is 22.9 Å². The number of hydrogen-bond acceptors (Lipinski definition) is 4. The summed E-state index contributed by atoms with van der Waals surface area (Å²) in [5.41, 5.74) is 2.42. The number of methoxy groups -OCH3 is 1. The van der Waals surface area contributed by atoms with Gasteiger partial charge in [-0.3, -0.25) is 14.4 Å². The van der Waals surface area contributed by atoms with Crippen LogP contribution in [0.2, 0.25) is 0 Å². The van der Waals surface area contributed by atoms with Crippen LogP contribution < -0.4 is 10.3 Å². The van der Waals surface area contributed by atoms with Gasteiger partial charge in [0.1, 0.15) is 5.75 Å². The van der Waals surface area contributed by atoms with E-state index in [2.05, 4.69) is 17.1 Å². The summed E-state index contributed by atoms with van der Waals surface area (Å²) in [6.07, 6.45) is 2.48. The summed E-state index contributed by atoms with van der Waals surface area (Å²) < 4.78 is 6.59. The zero-order valence-corrected chi connectivity index (χ0v) is 17.4. The lowest BCUT2D eigenvalue weighted by Gasteiger charge is -2.14. The Hall–Kier alpha value is -3.86. The maximum absolute atomic E-state index is 13.1. The third-order valence-corrected chi connectivity index (χ3v) is 5.28. The third kappa shape index (κ3) is 4.51. The highest BCUT2D eigenvalue weighted by atomic mass is 16.5. The first-order valence-electron chi connectivity index (χ1n) is 10.2. The molecular weight excluding hydrogens is 388 g/mol. The molecule has 0 aliphatic carbocycles. The average molecular weight is 412 g/mol. The fraction of sp³-hybridized carbons (Fsp3) is 0.154. The highest BCUT2D eigenvalue weighted by molar-refractivity contribution is 6.01. The van der Waals surface area contributed by atoms with E-state index >= 15 is 0 Å². The Bertz CT molecular complexity index is 1260. The molecule has 1 heterocycles. The van der Waals surface area contributed by atoms with Gasteiger partial charge in [0.15, 0.2) is 0 Å². The largest absolute Gasteiger partial charge is 0.497 e. The van der Waals surface area contributed by atoms with Crippen molar-refractivity contribution in [1.29, 1.82) is 0 Å². The molecule has 4 aromatic rings. The van der Waals surface area contributed by atoms with E-state index < -0.39 is 0 Å². The van der Waals surface area contributed by atoms with Crippen molar-refractivity contribution in [1.82, 2.24) is 4.57 Å². The van der Waals surface area contributed by atoms with Gasteiger partial charge < -0.3 is 9.84 Å². The van der Waals surface area contributed by atoms with Crippen LogP contribution in [0.5, 0.6) is 11.6 Å². The van der Waals surface area contributed by atoms with Crippen LogP contribution in [0.4, 0.5) is 0 Å². The minimum atomic E-state index is -0.231. The molecule has 1 N–H and O–H groups in total. The van der Waals surface area contributed by atoms with Crippen molar-refractivity contribution in [3.8, 4) is 11.6 Å². The highest BCUT2D eigenvalue weighted by Crippen LogP contribution is 2.24. The molecule has 0 fully saturated rings. The zero-order valence-electron chi connectivity index (χ0n) is 17.4. The lowest BCUT2D eigenvalue weighted by atomic mass is 10.1. The molecule has 0 spiro atoms. The van der Waals surface area contributed by atoms with E-state index in [1.807, 2.05) is 60.7 Å². The Kier molecular flexibility index (Phi) is 6.13. The molecule has 1 aromatic heterocycles. The van der Waals surface area contributed by atoms with Gasteiger partial charge in [0.2, 0.25) is 5.88 Å². The molecule has 3 aromatic carbocycles. The minimum Gasteiger partial charge on any atom is -0.497 e. The topological polar surface area (TPSA) is 63.8 Å². The van der Waals surface area contributed by atoms with Crippen molar-refractivity contribution in [2.45, 2.75) is 13.0 Å². The maximum atomic E-state index is 13.1. The van der Waals surface area contributed by atoms with Gasteiger partial charge in [-0.05, 0) is 35.7 Å². The molecule has 31 heavy (non-hydrogen) atoms. The summed E-state index contributed by atoms with van der Waals surface area (Å²) >= 11 is 0. The summed E-state index contributed by atoms with van der Waals surface area (Å²) in [6, 6.07) is 24.9. The molecule has 0 radical (unpaired) electrons. The predicted molar refractivity (Wildman–Crippen MR) is 125 cm³/mol. The number of pyridine rings is 1. The molecule has 0 unspecified atom stereocenters. The van der Waals surface area contributed by atoms with Crippen LogP contribution in [-0.4, -0.2) is 29.5 Å². The molecule has 5 heteroatoms. The lowest BCUT2D eigenvalue weighted by Crippen LogP contribution is -2.22. The third-order valence-electron chi connectivity index (χ3n) is 5.28. The van der Waals surface area contributed by atoms with Crippen molar-refractivity contribution < 1.29 is 9.84 Å². The first-order valence-corrected chi connectivity index (χ1v) is 10.2. The van der Waals surface area contributed by atoms with E-state index in [1.165, 1.54) is 10.1 Å². The van der Waals surface area contributed by atoms with Gasteiger partial charge in [-0.25, -0.2) is 0 Å². The number of rotatable bonds is 7. The Morgan fingerprint density at radius 3 is 2.29 bits per heavy atom. The molecular formula is C26H24N2O3. The molecule has 0 aliphatic rings. The second kappa shape index (κ2) is 9.30. The van der Waals surface area contributed by atoms with Crippen LogP contribution in [0.1, 0.15) is 16.7 Å². The quantitative estimate of drug-likeness (QED) is 0.457. The van der Waals surface area contributed by atoms with E-state index in [9.17, 15) is 9.90 Å². The molecule has 0 bridgehead atoms. The standard InChI is InChI=1S/C26H24N2O3/c1-31-21-13-11-20(12-14-21)18-28-25(29)23-10-6-5-9-22(23)24(26(28)30)17-27-16-15-19-7-3-2-4-8-19/h2-14,17,30H,15-16,18H2,1H3. The molecule has 0 saturated carbocycles. The van der Waals surface area contributed by atoms with Gasteiger partial charge in [-0.2, -0.15) is 0 Å². The summed E-state index contributed by atoms with van der Waals surface area (Å²) in [5.74, 6) is 0.660. The van der Waals surface area contributed by atoms with Crippen molar-refractivity contribution in [2.24, 2.45) is 4.99 Å². The number of hydrogen-bond donors (Lipinski definition) is 1. The number of nitrogens with zero attached hydrogens (tertiary/aromatic N) is 2. The van der Waals surface area contributed by atoms with Crippen LogP contribution in [0.15, 0.2) is 88.6 Å². The number of aromatic nitrogens is 1. The second-order valence-electron chi connectivity index (χ2n) is 7.29. The normalized spacial score (nSPS) is 11.3. The monoisotopic (exact) mass is 412 g/mol. The van der Waals surface area contributed by atoms with Gasteiger partial charge in [0.25, 0.3) is 5.56 Å². The second-order valence-corrected chi connectivity index (χ2v) is 7.29. The predicted octanol–water partition coefficient (Wildman–Crippen LogP) is 4.43. The van der Waals surface area contributed by atoms with E-state index in [0.717, 1.165) is 17.7 Å². The summed E-state index contributed by atoms with van der Waals surface area (Å²) in [5, 5.41) is 12.2. The van der Waals surface area contributed by atoms with Crippen LogP contribution in [0.25, 0.3) is 10.8 Å². The maximum Gasteiger partial charge on any atom is 0.261 e. The highest BCUT2D eigenvalue weighted by Gasteiger charge is 2.15. The van der Waals surface area contributed by atoms with Gasteiger partial charge in [0.05, 0.1) is 19.2 Å². The van der Waals surface area contributed by atoms with Crippen LogP contribution in [0, 0.1) is 0 Å². The fourth-order valence-corrected chi connectivity index (χ4v) is 3.59. The number of aromatic hydroxyl groups is 1. The van der Waals surface area contributed by atoms with Crippen LogP contribution in [0.3, 0.4) is 0 Å². The van der Waals surface area contributed by atoms with E-state index in [-0.39, 0.29) is 18.0 Å². The average Bonchev–Trinajstić information content (AvgIpc) is 2.82. The van der Waals surface area contributed by atoms with E-state index in [4.69, 9.17) is 4.74 Å². The smallest absolute Gasteiger partial charge is 0.261 e. The summed E-state index contributed by atoms with van der Waals surface area (Å²) in [6.45, 7) is 0.847. The fourth-order valence-electron chi connectivity index (χ4n) is 3.59. The lowest BCUT2D eigenvalue weighted by molar-refractivity contribution is 0.412. The minimum absolute atomic E-state index is 0.0806. The number of fused-ring (bicyclic) bond motifs is 1. The number of aliphatic imine (C=N–C) groups is 1. The van der Waals surface area contributed by atoms with Gasteiger partial charge in [-0.15, -0.1) is 0 Å². The first kappa shape index (κ1) is 20.4. The molecule has 0 amide bonds. The molecule has 0 saturated heterocycles. The Balaban J connectivity index is 1.68. The van der Waals surface area contributed by atoms with E-state index in [1.54, 1.807) is 19.4 Å². The zero-order chi connectivity index (χ0) is 21.6. The SMILES string of the molecule is COc1ccc(Cn2c(O)c(C=NCCc3ccccc3)c3ccccc3c2=O)cc1. The first-order chi connectivity index (χ1) is 15.2. The van der Waals surface area contributed by atoms with Gasteiger partial charge >= 0.3 is 0 Å². The Labute approximate surface area is 180 Å². The van der Waals surface area contributed by atoms with Gasteiger partial charge in [0, 0.05) is 23.5 Å². The van der Waals surface area contributed by atoms with Crippen molar-refractivity contribution in [3.05, 3.63) is 106 Å². The Morgan fingerprint density at radius 1 is 0.903 bits per heavy atom. The van der Waals surface area contributed by atoms with Crippen LogP contribution >= 0.6 is 0 Å². The van der Waals surface area contributed by atoms with Crippen LogP contribution in [-0.2, 0) is 13.0 Å². The summed E-state index contributed by atoms with van der Waals surface area (Å²) in [4.78, 5) is 17.6. The number of benzene rings is 3. The molecule has 5 nitrogen and oxygen atoms in total. The molecule has 0 aliphatic heterocycles. The molecule has 156 valence electrons. The van der Waals surface area contributed by atoms with Crippen molar-refractivity contribution in [3.63, 3.8) is 0 Å². The molecule has 4 rings (SSSR count). The molecule has 0 atom stereocenters. The Morgan fingerprint density at radius 2 is 1.58 bits per heavy atom. The number of ether oxygens (including phenoxy) is 1. The van der Waals surface area contributed by atoms with Crippen molar-refractivity contribution >= 4 is 17.0 Å². The summed E-state index contributed by atoms with van der Waals surface area (Å²) in [7, 11) is 1.61. The van der Waals surface area contributed by atoms with Crippen molar-refractivity contribution in [2.75, 3.05) is 13.7 Å².